The number of anilines is 1. The molecule has 0 saturated heterocycles. The SMILES string of the molecule is COc1ccc2[nH]cc(C3=CCN(c4ccc([N+](=O)[O-])cc4)CC3)c2c1. The molecule has 4 rings (SSSR count). The van der Waals surface area contributed by atoms with E-state index >= 15 is 0 Å². The molecule has 1 aromatic heterocycles. The third-order valence-corrected chi connectivity index (χ3v) is 4.87. The van der Waals surface area contributed by atoms with Crippen LogP contribution in [0.4, 0.5) is 11.4 Å². The maximum atomic E-state index is 10.8. The number of nitro benzene ring substituents is 1. The summed E-state index contributed by atoms with van der Waals surface area (Å²) in [7, 11) is 1.68. The number of non-ortho nitro benzene ring substituents is 1. The molecule has 0 radical (unpaired) electrons. The van der Waals surface area contributed by atoms with Crippen molar-refractivity contribution in [2.24, 2.45) is 0 Å². The van der Waals surface area contributed by atoms with E-state index in [1.165, 1.54) is 16.5 Å². The summed E-state index contributed by atoms with van der Waals surface area (Å²) in [5, 5.41) is 12.0. The number of nitrogens with zero attached hydrogens (tertiary/aromatic N) is 2. The molecule has 1 aliphatic heterocycles. The van der Waals surface area contributed by atoms with Gasteiger partial charge in [-0.1, -0.05) is 6.08 Å². The zero-order valence-corrected chi connectivity index (χ0v) is 14.4. The summed E-state index contributed by atoms with van der Waals surface area (Å²) in [5.74, 6) is 0.849. The van der Waals surface area contributed by atoms with Crippen molar-refractivity contribution < 1.29 is 9.66 Å². The van der Waals surface area contributed by atoms with E-state index in [1.54, 1.807) is 19.2 Å². The molecule has 0 bridgehead atoms. The molecule has 0 unspecified atom stereocenters. The lowest BCUT2D eigenvalue weighted by Gasteiger charge is -2.28. The van der Waals surface area contributed by atoms with E-state index in [0.29, 0.717) is 0 Å². The van der Waals surface area contributed by atoms with Crippen molar-refractivity contribution in [1.29, 1.82) is 0 Å². The van der Waals surface area contributed by atoms with Crippen molar-refractivity contribution in [3.8, 4) is 5.75 Å². The van der Waals surface area contributed by atoms with E-state index in [0.717, 1.165) is 36.5 Å². The van der Waals surface area contributed by atoms with Gasteiger partial charge in [0, 0.05) is 53.6 Å². The van der Waals surface area contributed by atoms with Crippen LogP contribution in [0.3, 0.4) is 0 Å². The minimum absolute atomic E-state index is 0.120. The molecule has 1 N–H and O–H groups in total. The number of H-pyrrole nitrogens is 1. The third kappa shape index (κ3) is 2.90. The van der Waals surface area contributed by atoms with Gasteiger partial charge in [-0.15, -0.1) is 0 Å². The number of methoxy groups -OCH3 is 1. The molecule has 0 spiro atoms. The van der Waals surface area contributed by atoms with Crippen molar-refractivity contribution >= 4 is 27.9 Å². The first-order valence-corrected chi connectivity index (χ1v) is 8.49. The normalized spacial score (nSPS) is 14.3. The monoisotopic (exact) mass is 349 g/mol. The van der Waals surface area contributed by atoms with Gasteiger partial charge < -0.3 is 14.6 Å². The summed E-state index contributed by atoms with van der Waals surface area (Å²) in [6.45, 7) is 1.66. The van der Waals surface area contributed by atoms with E-state index in [-0.39, 0.29) is 10.6 Å². The minimum Gasteiger partial charge on any atom is -0.497 e. The van der Waals surface area contributed by atoms with Crippen LogP contribution in [0.1, 0.15) is 12.0 Å². The van der Waals surface area contributed by atoms with Gasteiger partial charge in [0.2, 0.25) is 0 Å². The Labute approximate surface area is 150 Å². The molecule has 0 fully saturated rings. The summed E-state index contributed by atoms with van der Waals surface area (Å²) >= 11 is 0. The minimum atomic E-state index is -0.372. The van der Waals surface area contributed by atoms with E-state index in [9.17, 15) is 10.1 Å². The number of nitrogens with one attached hydrogen (secondary N) is 1. The standard InChI is InChI=1S/C20H19N3O3/c1-26-17-6-7-20-18(12-17)19(13-21-20)14-8-10-22(11-9-14)15-2-4-16(5-3-15)23(24)25/h2-8,12-13,21H,9-11H2,1H3. The molecular formula is C20H19N3O3. The first-order chi connectivity index (χ1) is 12.7. The fourth-order valence-electron chi connectivity index (χ4n) is 3.43. The molecule has 6 nitrogen and oxygen atoms in total. The zero-order chi connectivity index (χ0) is 18.1. The van der Waals surface area contributed by atoms with Gasteiger partial charge in [-0.3, -0.25) is 10.1 Å². The van der Waals surface area contributed by atoms with Gasteiger partial charge in [0.05, 0.1) is 12.0 Å². The maximum Gasteiger partial charge on any atom is 0.269 e. The Balaban J connectivity index is 1.57. The van der Waals surface area contributed by atoms with Gasteiger partial charge in [0.25, 0.3) is 5.69 Å². The third-order valence-electron chi connectivity index (χ3n) is 4.87. The number of aromatic amines is 1. The molecular weight excluding hydrogens is 330 g/mol. The molecule has 0 amide bonds. The Morgan fingerprint density at radius 3 is 2.65 bits per heavy atom. The first-order valence-electron chi connectivity index (χ1n) is 8.49. The highest BCUT2D eigenvalue weighted by Crippen LogP contribution is 2.32. The predicted octanol–water partition coefficient (Wildman–Crippen LogP) is 4.38. The Kier molecular flexibility index (Phi) is 4.08. The lowest BCUT2D eigenvalue weighted by atomic mass is 9.98. The quantitative estimate of drug-likeness (QED) is 0.560. The molecule has 2 aromatic carbocycles. The molecule has 26 heavy (non-hydrogen) atoms. The molecule has 6 heteroatoms. The molecule has 0 aliphatic carbocycles. The molecule has 0 atom stereocenters. The van der Waals surface area contributed by atoms with Crippen LogP contribution in [0.2, 0.25) is 0 Å². The highest BCUT2D eigenvalue weighted by Gasteiger charge is 2.17. The molecule has 1 aliphatic rings. The van der Waals surface area contributed by atoms with E-state index in [4.69, 9.17) is 4.74 Å². The van der Waals surface area contributed by atoms with Crippen molar-refractivity contribution in [3.63, 3.8) is 0 Å². The van der Waals surface area contributed by atoms with Gasteiger partial charge >= 0.3 is 0 Å². The fraction of sp³-hybridized carbons (Fsp3) is 0.200. The highest BCUT2D eigenvalue weighted by atomic mass is 16.6. The second-order valence-corrected chi connectivity index (χ2v) is 6.31. The average molecular weight is 349 g/mol. The Hall–Kier alpha value is -3.28. The van der Waals surface area contributed by atoms with Crippen LogP contribution >= 0.6 is 0 Å². The summed E-state index contributed by atoms with van der Waals surface area (Å²) in [6.07, 6.45) is 5.20. The largest absolute Gasteiger partial charge is 0.497 e. The van der Waals surface area contributed by atoms with Crippen molar-refractivity contribution in [3.05, 3.63) is 70.4 Å². The summed E-state index contributed by atoms with van der Waals surface area (Å²) in [4.78, 5) is 16.0. The average Bonchev–Trinajstić information content (AvgIpc) is 3.11. The van der Waals surface area contributed by atoms with Crippen LogP contribution in [0.25, 0.3) is 16.5 Å². The predicted molar refractivity (Wildman–Crippen MR) is 103 cm³/mol. The van der Waals surface area contributed by atoms with Crippen LogP contribution in [-0.2, 0) is 0 Å². The first kappa shape index (κ1) is 16.2. The molecule has 0 saturated carbocycles. The number of benzene rings is 2. The van der Waals surface area contributed by atoms with Crippen molar-refractivity contribution in [2.75, 3.05) is 25.1 Å². The Morgan fingerprint density at radius 2 is 2.00 bits per heavy atom. The number of fused-ring (bicyclic) bond motifs is 1. The number of aromatic nitrogens is 1. The second-order valence-electron chi connectivity index (χ2n) is 6.31. The highest BCUT2D eigenvalue weighted by molar-refractivity contribution is 5.94. The fourth-order valence-corrected chi connectivity index (χ4v) is 3.43. The van der Waals surface area contributed by atoms with Gasteiger partial charge in [-0.25, -0.2) is 0 Å². The smallest absolute Gasteiger partial charge is 0.269 e. The maximum absolute atomic E-state index is 10.8. The summed E-state index contributed by atoms with van der Waals surface area (Å²) < 4.78 is 5.35. The van der Waals surface area contributed by atoms with E-state index < -0.39 is 0 Å². The summed E-state index contributed by atoms with van der Waals surface area (Å²) in [6, 6.07) is 12.8. The zero-order valence-electron chi connectivity index (χ0n) is 14.4. The summed E-state index contributed by atoms with van der Waals surface area (Å²) in [5.41, 5.74) is 4.74. The molecule has 2 heterocycles. The lowest BCUT2D eigenvalue weighted by molar-refractivity contribution is -0.384. The number of hydrogen-bond donors (Lipinski definition) is 1. The van der Waals surface area contributed by atoms with Crippen molar-refractivity contribution in [1.82, 2.24) is 4.98 Å². The van der Waals surface area contributed by atoms with E-state index in [1.807, 2.05) is 24.3 Å². The molecule has 132 valence electrons. The topological polar surface area (TPSA) is 71.4 Å². The van der Waals surface area contributed by atoms with Gasteiger partial charge in [-0.2, -0.15) is 0 Å². The van der Waals surface area contributed by atoms with E-state index in [2.05, 4.69) is 28.2 Å². The van der Waals surface area contributed by atoms with Crippen LogP contribution in [0, 0.1) is 10.1 Å². The molecule has 3 aromatic rings. The number of rotatable bonds is 4. The number of nitro groups is 1. The number of hydrogen-bond acceptors (Lipinski definition) is 4. The second kappa shape index (κ2) is 6.55. The van der Waals surface area contributed by atoms with Crippen LogP contribution < -0.4 is 9.64 Å². The van der Waals surface area contributed by atoms with Crippen LogP contribution in [-0.4, -0.2) is 30.1 Å². The Morgan fingerprint density at radius 1 is 1.19 bits per heavy atom. The van der Waals surface area contributed by atoms with Crippen molar-refractivity contribution in [2.45, 2.75) is 6.42 Å². The Bertz CT molecular complexity index is 989. The lowest BCUT2D eigenvalue weighted by Crippen LogP contribution is -2.28. The number of ether oxygens (including phenoxy) is 1. The van der Waals surface area contributed by atoms with Gasteiger partial charge in [-0.05, 0) is 42.3 Å². The van der Waals surface area contributed by atoms with Gasteiger partial charge in [0.1, 0.15) is 5.75 Å². The van der Waals surface area contributed by atoms with Crippen LogP contribution in [0.5, 0.6) is 5.75 Å². The van der Waals surface area contributed by atoms with Gasteiger partial charge in [0.15, 0.2) is 0 Å². The van der Waals surface area contributed by atoms with Crippen LogP contribution in [0.15, 0.2) is 54.7 Å².